The number of carbonyl (C=O) groups excluding carboxylic acids is 1. The number of aliphatic carboxylic acids is 1. The first-order valence-corrected chi connectivity index (χ1v) is 5.60. The van der Waals surface area contributed by atoms with Gasteiger partial charge in [-0.25, -0.2) is 9.18 Å². The SMILES string of the molecule is CC(C)(NC(=O)CCc1cccc(F)c1)C(=O)O. The maximum Gasteiger partial charge on any atom is 0.328 e. The van der Waals surface area contributed by atoms with Gasteiger partial charge in [-0.1, -0.05) is 12.1 Å². The van der Waals surface area contributed by atoms with Gasteiger partial charge in [-0.2, -0.15) is 0 Å². The number of nitrogens with one attached hydrogen (secondary N) is 1. The smallest absolute Gasteiger partial charge is 0.328 e. The zero-order chi connectivity index (χ0) is 13.8. The van der Waals surface area contributed by atoms with Gasteiger partial charge in [0.05, 0.1) is 0 Å². The molecule has 98 valence electrons. The summed E-state index contributed by atoms with van der Waals surface area (Å²) in [7, 11) is 0. The van der Waals surface area contributed by atoms with E-state index in [1.165, 1.54) is 26.0 Å². The average Bonchev–Trinajstić information content (AvgIpc) is 2.25. The first-order valence-electron chi connectivity index (χ1n) is 5.60. The monoisotopic (exact) mass is 253 g/mol. The van der Waals surface area contributed by atoms with Crippen molar-refractivity contribution in [3.63, 3.8) is 0 Å². The van der Waals surface area contributed by atoms with Crippen LogP contribution >= 0.6 is 0 Å². The summed E-state index contributed by atoms with van der Waals surface area (Å²) in [5.41, 5.74) is -0.586. The molecule has 4 nitrogen and oxygen atoms in total. The number of carboxylic acids is 1. The number of amides is 1. The average molecular weight is 253 g/mol. The van der Waals surface area contributed by atoms with Gasteiger partial charge in [0, 0.05) is 6.42 Å². The number of halogens is 1. The highest BCUT2D eigenvalue weighted by atomic mass is 19.1. The van der Waals surface area contributed by atoms with Crippen molar-refractivity contribution in [2.24, 2.45) is 0 Å². The number of carbonyl (C=O) groups is 2. The molecule has 0 aliphatic rings. The molecule has 1 aromatic carbocycles. The lowest BCUT2D eigenvalue weighted by Crippen LogP contribution is -2.49. The lowest BCUT2D eigenvalue weighted by atomic mass is 10.0. The molecule has 0 spiro atoms. The zero-order valence-corrected chi connectivity index (χ0v) is 10.4. The Morgan fingerprint density at radius 3 is 2.61 bits per heavy atom. The molecule has 0 unspecified atom stereocenters. The van der Waals surface area contributed by atoms with Crippen LogP contribution in [-0.2, 0) is 16.0 Å². The lowest BCUT2D eigenvalue weighted by Gasteiger charge is -2.20. The number of hydrogen-bond donors (Lipinski definition) is 2. The summed E-state index contributed by atoms with van der Waals surface area (Å²) in [4.78, 5) is 22.4. The van der Waals surface area contributed by atoms with Gasteiger partial charge >= 0.3 is 5.97 Å². The van der Waals surface area contributed by atoms with Gasteiger partial charge in [0.2, 0.25) is 5.91 Å². The largest absolute Gasteiger partial charge is 0.480 e. The Morgan fingerprint density at radius 1 is 1.39 bits per heavy atom. The highest BCUT2D eigenvalue weighted by Crippen LogP contribution is 2.07. The maximum atomic E-state index is 12.9. The molecule has 5 heteroatoms. The predicted octanol–water partition coefficient (Wildman–Crippen LogP) is 1.74. The predicted molar refractivity (Wildman–Crippen MR) is 64.6 cm³/mol. The van der Waals surface area contributed by atoms with E-state index in [0.717, 1.165) is 0 Å². The number of hydrogen-bond acceptors (Lipinski definition) is 2. The fraction of sp³-hybridized carbons (Fsp3) is 0.385. The van der Waals surface area contributed by atoms with Gasteiger partial charge in [0.1, 0.15) is 11.4 Å². The van der Waals surface area contributed by atoms with Crippen LogP contribution in [0.1, 0.15) is 25.8 Å². The van der Waals surface area contributed by atoms with Crippen molar-refractivity contribution in [2.75, 3.05) is 0 Å². The Labute approximate surface area is 105 Å². The number of aryl methyl sites for hydroxylation is 1. The Bertz CT molecular complexity index is 457. The minimum atomic E-state index is -1.29. The van der Waals surface area contributed by atoms with Crippen LogP contribution in [0, 0.1) is 5.82 Å². The quantitative estimate of drug-likeness (QED) is 0.840. The summed E-state index contributed by atoms with van der Waals surface area (Å²) < 4.78 is 12.9. The van der Waals surface area contributed by atoms with Gasteiger partial charge in [-0.05, 0) is 38.0 Å². The van der Waals surface area contributed by atoms with Crippen LogP contribution in [0.2, 0.25) is 0 Å². The van der Waals surface area contributed by atoms with Gasteiger partial charge in [0.15, 0.2) is 0 Å². The molecule has 0 fully saturated rings. The van der Waals surface area contributed by atoms with Crippen molar-refractivity contribution in [1.82, 2.24) is 5.32 Å². The van der Waals surface area contributed by atoms with Gasteiger partial charge in [-0.3, -0.25) is 4.79 Å². The van der Waals surface area contributed by atoms with Crippen LogP contribution in [0.5, 0.6) is 0 Å². The van der Waals surface area contributed by atoms with E-state index in [2.05, 4.69) is 5.32 Å². The summed E-state index contributed by atoms with van der Waals surface area (Å²) in [6.45, 7) is 2.82. The van der Waals surface area contributed by atoms with Gasteiger partial charge < -0.3 is 10.4 Å². The fourth-order valence-electron chi connectivity index (χ4n) is 1.41. The highest BCUT2D eigenvalue weighted by molar-refractivity contribution is 5.86. The second-order valence-electron chi connectivity index (χ2n) is 4.61. The maximum absolute atomic E-state index is 12.9. The van der Waals surface area contributed by atoms with Crippen LogP contribution in [0.3, 0.4) is 0 Å². The molecule has 0 atom stereocenters. The molecule has 0 bridgehead atoms. The third kappa shape index (κ3) is 4.16. The normalized spacial score (nSPS) is 11.1. The van der Waals surface area contributed by atoms with E-state index >= 15 is 0 Å². The molecular weight excluding hydrogens is 237 g/mol. The summed E-state index contributed by atoms with van der Waals surface area (Å²) in [5.74, 6) is -1.81. The number of rotatable bonds is 5. The van der Waals surface area contributed by atoms with Crippen LogP contribution in [0.25, 0.3) is 0 Å². The van der Waals surface area contributed by atoms with Crippen LogP contribution in [0.4, 0.5) is 4.39 Å². The van der Waals surface area contributed by atoms with E-state index in [1.54, 1.807) is 12.1 Å². The van der Waals surface area contributed by atoms with Crippen LogP contribution in [0.15, 0.2) is 24.3 Å². The summed E-state index contributed by atoms with van der Waals surface area (Å²) >= 11 is 0. The van der Waals surface area contributed by atoms with Crippen molar-refractivity contribution >= 4 is 11.9 Å². The van der Waals surface area contributed by atoms with Crippen molar-refractivity contribution in [3.05, 3.63) is 35.6 Å². The molecule has 0 saturated carbocycles. The fourth-order valence-corrected chi connectivity index (χ4v) is 1.41. The minimum Gasteiger partial charge on any atom is -0.480 e. The molecule has 0 radical (unpaired) electrons. The molecule has 0 aliphatic carbocycles. The van der Waals surface area contributed by atoms with Crippen LogP contribution in [-0.4, -0.2) is 22.5 Å². The first-order chi connectivity index (χ1) is 8.31. The Hall–Kier alpha value is -1.91. The standard InChI is InChI=1S/C13H16FNO3/c1-13(2,12(17)18)15-11(16)7-6-9-4-3-5-10(14)8-9/h3-5,8H,6-7H2,1-2H3,(H,15,16)(H,17,18). The summed E-state index contributed by atoms with van der Waals surface area (Å²) in [6.07, 6.45) is 0.499. The minimum absolute atomic E-state index is 0.125. The molecule has 0 aliphatic heterocycles. The topological polar surface area (TPSA) is 66.4 Å². The molecule has 1 rings (SSSR count). The molecule has 0 heterocycles. The number of benzene rings is 1. The molecule has 0 aromatic heterocycles. The Kier molecular flexibility index (Phi) is 4.42. The van der Waals surface area contributed by atoms with E-state index in [4.69, 9.17) is 5.11 Å². The molecule has 1 aromatic rings. The van der Waals surface area contributed by atoms with Gasteiger partial charge in [-0.15, -0.1) is 0 Å². The highest BCUT2D eigenvalue weighted by Gasteiger charge is 2.28. The lowest BCUT2D eigenvalue weighted by molar-refractivity contribution is -0.146. The van der Waals surface area contributed by atoms with Crippen molar-refractivity contribution < 1.29 is 19.1 Å². The molecule has 0 saturated heterocycles. The Morgan fingerprint density at radius 2 is 2.06 bits per heavy atom. The number of carboxylic acid groups (broad SMARTS) is 1. The van der Waals surface area contributed by atoms with E-state index in [9.17, 15) is 14.0 Å². The van der Waals surface area contributed by atoms with Crippen molar-refractivity contribution in [1.29, 1.82) is 0 Å². The van der Waals surface area contributed by atoms with E-state index in [0.29, 0.717) is 12.0 Å². The van der Waals surface area contributed by atoms with E-state index in [-0.39, 0.29) is 18.1 Å². The summed E-state index contributed by atoms with van der Waals surface area (Å²) in [5, 5.41) is 11.3. The van der Waals surface area contributed by atoms with Crippen LogP contribution < -0.4 is 5.32 Å². The second kappa shape index (κ2) is 5.62. The van der Waals surface area contributed by atoms with Crippen molar-refractivity contribution in [3.8, 4) is 0 Å². The van der Waals surface area contributed by atoms with Gasteiger partial charge in [0.25, 0.3) is 0 Å². The first kappa shape index (κ1) is 14.2. The Balaban J connectivity index is 2.50. The van der Waals surface area contributed by atoms with Crippen molar-refractivity contribution in [2.45, 2.75) is 32.2 Å². The molecular formula is C13H16FNO3. The molecule has 2 N–H and O–H groups in total. The molecule has 18 heavy (non-hydrogen) atoms. The van der Waals surface area contributed by atoms with E-state index < -0.39 is 11.5 Å². The third-order valence-electron chi connectivity index (χ3n) is 2.52. The second-order valence-corrected chi connectivity index (χ2v) is 4.61. The van der Waals surface area contributed by atoms with E-state index in [1.807, 2.05) is 0 Å². The molecule has 1 amide bonds. The zero-order valence-electron chi connectivity index (χ0n) is 10.4. The third-order valence-corrected chi connectivity index (χ3v) is 2.52. The summed E-state index contributed by atoms with van der Waals surface area (Å²) in [6, 6.07) is 5.98.